The molecule has 0 aliphatic heterocycles. The third kappa shape index (κ3) is 4.14. The molecule has 0 fully saturated rings. The summed E-state index contributed by atoms with van der Waals surface area (Å²) in [6.07, 6.45) is -0.313. The van der Waals surface area contributed by atoms with Crippen LogP contribution in [0.4, 0.5) is 0 Å². The molecule has 1 heterocycles. The van der Waals surface area contributed by atoms with Crippen molar-refractivity contribution in [3.63, 3.8) is 0 Å². The first kappa shape index (κ1) is 10.3. The zero-order chi connectivity index (χ0) is 9.90. The van der Waals surface area contributed by atoms with Gasteiger partial charge in [0.15, 0.2) is 5.82 Å². The van der Waals surface area contributed by atoms with Crippen molar-refractivity contribution >= 4 is 7.60 Å². The van der Waals surface area contributed by atoms with Gasteiger partial charge in [0.2, 0.25) is 0 Å². The summed E-state index contributed by atoms with van der Waals surface area (Å²) in [7, 11) is -4.16. The van der Waals surface area contributed by atoms with Gasteiger partial charge >= 0.3 is 7.60 Å². The van der Waals surface area contributed by atoms with Crippen LogP contribution >= 0.6 is 7.60 Å². The van der Waals surface area contributed by atoms with Crippen LogP contribution in [0.5, 0.6) is 0 Å². The van der Waals surface area contributed by atoms with Gasteiger partial charge in [-0.3, -0.25) is 9.66 Å². The topological polar surface area (TPSA) is 119 Å². The lowest BCUT2D eigenvalue weighted by Gasteiger charge is -2.08. The van der Waals surface area contributed by atoms with Gasteiger partial charge in [0, 0.05) is 6.42 Å². The number of rotatable bonds is 4. The molecule has 0 saturated heterocycles. The molecule has 0 saturated carbocycles. The molecule has 0 aliphatic rings. The standard InChI is InChI=1S/C5H10N3O4P/c9-4(2-13(10,11)12)1-5-6-3-7-8-5/h3-4,9H,1-2H2,(H,6,7,8)(H2,10,11,12). The molecular formula is C5H10N3O4P. The summed E-state index contributed by atoms with van der Waals surface area (Å²) >= 11 is 0. The molecule has 1 rings (SSSR count). The van der Waals surface area contributed by atoms with E-state index in [1.807, 2.05) is 0 Å². The minimum Gasteiger partial charge on any atom is -0.392 e. The molecule has 4 N–H and O–H groups in total. The van der Waals surface area contributed by atoms with Crippen molar-refractivity contribution < 1.29 is 19.5 Å². The fourth-order valence-electron chi connectivity index (χ4n) is 0.884. The molecule has 0 amide bonds. The Morgan fingerprint density at radius 3 is 2.77 bits per heavy atom. The molecule has 0 aromatic carbocycles. The number of aromatic amines is 1. The first-order valence-electron chi connectivity index (χ1n) is 3.54. The maximum Gasteiger partial charge on any atom is 0.328 e. The molecule has 1 aromatic heterocycles. The fourth-order valence-corrected chi connectivity index (χ4v) is 1.56. The Morgan fingerprint density at radius 2 is 2.31 bits per heavy atom. The predicted molar refractivity (Wildman–Crippen MR) is 43.0 cm³/mol. The quantitative estimate of drug-likeness (QED) is 0.464. The van der Waals surface area contributed by atoms with E-state index in [2.05, 4.69) is 15.2 Å². The van der Waals surface area contributed by atoms with E-state index in [9.17, 15) is 9.67 Å². The second kappa shape index (κ2) is 3.97. The molecule has 8 heteroatoms. The third-order valence-corrected chi connectivity index (χ3v) is 2.23. The van der Waals surface area contributed by atoms with Crippen LogP contribution in [-0.4, -0.2) is 42.3 Å². The first-order valence-corrected chi connectivity index (χ1v) is 5.34. The number of aliphatic hydroxyl groups excluding tert-OH is 1. The molecule has 0 bridgehead atoms. The molecule has 7 nitrogen and oxygen atoms in total. The second-order valence-electron chi connectivity index (χ2n) is 2.62. The molecule has 0 spiro atoms. The number of nitrogens with one attached hydrogen (secondary N) is 1. The summed E-state index contributed by atoms with van der Waals surface area (Å²) in [5.74, 6) is 0.334. The van der Waals surface area contributed by atoms with Gasteiger partial charge in [-0.25, -0.2) is 4.98 Å². The van der Waals surface area contributed by atoms with Crippen molar-refractivity contribution in [2.45, 2.75) is 12.5 Å². The van der Waals surface area contributed by atoms with Crippen molar-refractivity contribution in [1.29, 1.82) is 0 Å². The molecular weight excluding hydrogens is 197 g/mol. The van der Waals surface area contributed by atoms with Gasteiger partial charge < -0.3 is 14.9 Å². The maximum absolute atomic E-state index is 10.5. The number of nitrogens with zero attached hydrogens (tertiary/aromatic N) is 2. The summed E-state index contributed by atoms with van der Waals surface area (Å²) < 4.78 is 10.5. The number of H-pyrrole nitrogens is 1. The van der Waals surface area contributed by atoms with Gasteiger partial charge in [-0.1, -0.05) is 0 Å². The Balaban J connectivity index is 2.43. The zero-order valence-corrected chi connectivity index (χ0v) is 7.55. The zero-order valence-electron chi connectivity index (χ0n) is 6.66. The second-order valence-corrected chi connectivity index (χ2v) is 4.32. The van der Waals surface area contributed by atoms with E-state index >= 15 is 0 Å². The summed E-state index contributed by atoms with van der Waals surface area (Å²) in [6, 6.07) is 0. The van der Waals surface area contributed by atoms with E-state index < -0.39 is 19.9 Å². The lowest BCUT2D eigenvalue weighted by molar-refractivity contribution is 0.187. The van der Waals surface area contributed by atoms with Crippen molar-refractivity contribution in [3.05, 3.63) is 12.2 Å². The van der Waals surface area contributed by atoms with Crippen molar-refractivity contribution in [2.75, 3.05) is 6.16 Å². The molecule has 1 aromatic rings. The van der Waals surface area contributed by atoms with Crippen molar-refractivity contribution in [1.82, 2.24) is 15.2 Å². The van der Waals surface area contributed by atoms with Gasteiger partial charge in [0.25, 0.3) is 0 Å². The summed E-state index contributed by atoms with van der Waals surface area (Å²) in [5, 5.41) is 15.2. The van der Waals surface area contributed by atoms with Crippen LogP contribution in [0.2, 0.25) is 0 Å². The van der Waals surface area contributed by atoms with Crippen LogP contribution < -0.4 is 0 Å². The molecule has 0 radical (unpaired) electrons. The highest BCUT2D eigenvalue weighted by Crippen LogP contribution is 2.35. The molecule has 13 heavy (non-hydrogen) atoms. The van der Waals surface area contributed by atoms with Crippen LogP contribution in [0, 0.1) is 0 Å². The number of aliphatic hydroxyl groups is 1. The van der Waals surface area contributed by atoms with Crippen molar-refractivity contribution in [3.8, 4) is 0 Å². The van der Waals surface area contributed by atoms with Gasteiger partial charge in [0.05, 0.1) is 12.3 Å². The van der Waals surface area contributed by atoms with Crippen LogP contribution in [0.15, 0.2) is 6.33 Å². The lowest BCUT2D eigenvalue weighted by Crippen LogP contribution is -2.16. The van der Waals surface area contributed by atoms with E-state index in [0.29, 0.717) is 5.82 Å². The van der Waals surface area contributed by atoms with E-state index in [1.165, 1.54) is 6.33 Å². The van der Waals surface area contributed by atoms with Gasteiger partial charge in [-0.15, -0.1) is 0 Å². The van der Waals surface area contributed by atoms with E-state index in [-0.39, 0.29) is 6.42 Å². The minimum atomic E-state index is -4.16. The van der Waals surface area contributed by atoms with Gasteiger partial charge in [0.1, 0.15) is 6.33 Å². The largest absolute Gasteiger partial charge is 0.392 e. The Bertz CT molecular complexity index is 295. The van der Waals surface area contributed by atoms with E-state index in [1.54, 1.807) is 0 Å². The number of aromatic nitrogens is 3. The van der Waals surface area contributed by atoms with E-state index in [4.69, 9.17) is 9.79 Å². The minimum absolute atomic E-state index is 0.0363. The fraction of sp³-hybridized carbons (Fsp3) is 0.600. The predicted octanol–water partition coefficient (Wildman–Crippen LogP) is -1.11. The first-order chi connectivity index (χ1) is 5.97. The van der Waals surface area contributed by atoms with Crippen LogP contribution in [0.1, 0.15) is 5.82 Å². The third-order valence-electron chi connectivity index (χ3n) is 1.33. The molecule has 0 aliphatic carbocycles. The Morgan fingerprint density at radius 1 is 1.62 bits per heavy atom. The SMILES string of the molecule is O=P(O)(O)CC(O)Cc1nc[nH]n1. The smallest absolute Gasteiger partial charge is 0.328 e. The van der Waals surface area contributed by atoms with E-state index in [0.717, 1.165) is 0 Å². The van der Waals surface area contributed by atoms with Gasteiger partial charge in [-0.2, -0.15) is 5.10 Å². The summed E-state index contributed by atoms with van der Waals surface area (Å²) in [6.45, 7) is 0. The Hall–Kier alpha value is -0.750. The molecule has 74 valence electrons. The van der Waals surface area contributed by atoms with Crippen LogP contribution in [0.25, 0.3) is 0 Å². The summed E-state index contributed by atoms with van der Waals surface area (Å²) in [5.41, 5.74) is 0. The number of hydrogen-bond acceptors (Lipinski definition) is 4. The highest BCUT2D eigenvalue weighted by Gasteiger charge is 2.20. The Labute approximate surface area is 74.0 Å². The van der Waals surface area contributed by atoms with Crippen LogP contribution in [-0.2, 0) is 11.0 Å². The molecule has 1 atom stereocenters. The van der Waals surface area contributed by atoms with Crippen molar-refractivity contribution in [2.24, 2.45) is 0 Å². The van der Waals surface area contributed by atoms with Crippen LogP contribution in [0.3, 0.4) is 0 Å². The highest BCUT2D eigenvalue weighted by atomic mass is 31.2. The number of hydrogen-bond donors (Lipinski definition) is 4. The van der Waals surface area contributed by atoms with Gasteiger partial charge in [-0.05, 0) is 0 Å². The average molecular weight is 207 g/mol. The molecule has 1 unspecified atom stereocenters. The lowest BCUT2D eigenvalue weighted by atomic mass is 10.3. The summed E-state index contributed by atoms with van der Waals surface area (Å²) in [4.78, 5) is 20.7. The normalized spacial score (nSPS) is 14.4. The maximum atomic E-state index is 10.5. The highest BCUT2D eigenvalue weighted by molar-refractivity contribution is 7.51. The monoisotopic (exact) mass is 207 g/mol. The average Bonchev–Trinajstić information content (AvgIpc) is 2.34. The Kier molecular flexibility index (Phi) is 3.16.